The summed E-state index contributed by atoms with van der Waals surface area (Å²) in [5.41, 5.74) is 1.67. The lowest BCUT2D eigenvalue weighted by molar-refractivity contribution is -1.01. The van der Waals surface area contributed by atoms with Crippen LogP contribution in [-0.4, -0.2) is 58.3 Å². The molecule has 0 bridgehead atoms. The fourth-order valence-corrected chi connectivity index (χ4v) is 5.46. The molecule has 2 heterocycles. The van der Waals surface area contributed by atoms with Gasteiger partial charge in [-0.25, -0.2) is 4.79 Å². The van der Waals surface area contributed by atoms with Crippen molar-refractivity contribution in [3.63, 3.8) is 0 Å². The number of carbonyl (C=O) groups excluding carboxylic acids is 2. The van der Waals surface area contributed by atoms with E-state index in [2.05, 4.69) is 19.2 Å². The molecule has 7 heteroatoms. The molecular weight excluding hydrogens is 350 g/mol. The number of carbonyl (C=O) groups is 2. The third-order valence-electron chi connectivity index (χ3n) is 5.73. The number of ether oxygens (including phenoxy) is 1. The first-order valence-corrected chi connectivity index (χ1v) is 10.5. The SMILES string of the molecule is CC[NH+]1CC[NH+](CC(=O)Nc2sc3c(c2C(=O)OC)CC[C@@H](C)C3)CC1. The van der Waals surface area contributed by atoms with Gasteiger partial charge in [0.1, 0.15) is 31.2 Å². The second kappa shape index (κ2) is 8.50. The number of hydrogen-bond donors (Lipinski definition) is 3. The van der Waals surface area contributed by atoms with Crippen molar-refractivity contribution in [3.05, 3.63) is 16.0 Å². The summed E-state index contributed by atoms with van der Waals surface area (Å²) in [6.45, 7) is 10.4. The molecule has 3 N–H and O–H groups in total. The van der Waals surface area contributed by atoms with E-state index in [1.54, 1.807) is 16.2 Å². The molecule has 1 atom stereocenters. The Labute approximate surface area is 159 Å². The monoisotopic (exact) mass is 381 g/mol. The summed E-state index contributed by atoms with van der Waals surface area (Å²) in [5.74, 6) is 0.286. The number of esters is 1. The summed E-state index contributed by atoms with van der Waals surface area (Å²) >= 11 is 1.56. The van der Waals surface area contributed by atoms with Crippen molar-refractivity contribution < 1.29 is 24.1 Å². The third-order valence-corrected chi connectivity index (χ3v) is 6.90. The van der Waals surface area contributed by atoms with Crippen LogP contribution < -0.4 is 15.1 Å². The number of amides is 1. The first kappa shape index (κ1) is 19.3. The van der Waals surface area contributed by atoms with Gasteiger partial charge in [-0.2, -0.15) is 0 Å². The Morgan fingerprint density at radius 1 is 1.23 bits per heavy atom. The van der Waals surface area contributed by atoms with Gasteiger partial charge >= 0.3 is 5.97 Å². The van der Waals surface area contributed by atoms with Gasteiger partial charge in [0.15, 0.2) is 6.54 Å². The van der Waals surface area contributed by atoms with Gasteiger partial charge in [0.25, 0.3) is 5.91 Å². The molecule has 0 unspecified atom stereocenters. The molecule has 26 heavy (non-hydrogen) atoms. The van der Waals surface area contributed by atoms with E-state index in [1.165, 1.54) is 16.9 Å². The molecule has 0 spiro atoms. The molecule has 1 aromatic heterocycles. The van der Waals surface area contributed by atoms with E-state index < -0.39 is 0 Å². The zero-order valence-electron chi connectivity index (χ0n) is 16.1. The first-order chi connectivity index (χ1) is 12.5. The van der Waals surface area contributed by atoms with E-state index in [4.69, 9.17) is 4.74 Å². The molecule has 144 valence electrons. The van der Waals surface area contributed by atoms with Crippen molar-refractivity contribution in [2.45, 2.75) is 33.1 Å². The highest BCUT2D eigenvalue weighted by Crippen LogP contribution is 2.39. The van der Waals surface area contributed by atoms with E-state index in [1.807, 2.05) is 0 Å². The quantitative estimate of drug-likeness (QED) is 0.597. The topological polar surface area (TPSA) is 64.3 Å². The molecule has 1 fully saturated rings. The summed E-state index contributed by atoms with van der Waals surface area (Å²) in [6, 6.07) is 0. The number of rotatable bonds is 5. The second-order valence-corrected chi connectivity index (χ2v) is 8.73. The van der Waals surface area contributed by atoms with Gasteiger partial charge < -0.3 is 19.9 Å². The van der Waals surface area contributed by atoms with Crippen molar-refractivity contribution in [2.24, 2.45) is 5.92 Å². The van der Waals surface area contributed by atoms with Crippen LogP contribution in [0, 0.1) is 5.92 Å². The van der Waals surface area contributed by atoms with Crippen LogP contribution in [0.5, 0.6) is 0 Å². The van der Waals surface area contributed by atoms with Crippen LogP contribution in [0.4, 0.5) is 5.00 Å². The number of nitrogens with one attached hydrogen (secondary N) is 3. The van der Waals surface area contributed by atoms with Gasteiger partial charge in [0.05, 0.1) is 19.2 Å². The molecule has 3 rings (SSSR count). The van der Waals surface area contributed by atoms with Crippen LogP contribution in [0.2, 0.25) is 0 Å². The Morgan fingerprint density at radius 2 is 1.92 bits per heavy atom. The Hall–Kier alpha value is -1.44. The minimum atomic E-state index is -0.333. The molecule has 0 aromatic carbocycles. The van der Waals surface area contributed by atoms with Crippen molar-refractivity contribution in [2.75, 3.05) is 51.7 Å². The number of piperazine rings is 1. The molecule has 2 aliphatic rings. The fraction of sp³-hybridized carbons (Fsp3) is 0.684. The van der Waals surface area contributed by atoms with E-state index >= 15 is 0 Å². The molecular formula is C19H31N3O3S+2. The molecule has 0 radical (unpaired) electrons. The van der Waals surface area contributed by atoms with Crippen molar-refractivity contribution in [1.29, 1.82) is 0 Å². The number of likely N-dealkylation sites (N-methyl/N-ethyl adjacent to an activating group) is 1. The molecule has 6 nitrogen and oxygen atoms in total. The summed E-state index contributed by atoms with van der Waals surface area (Å²) in [7, 11) is 1.41. The standard InChI is InChI=1S/C19H29N3O3S/c1-4-21-7-9-22(10-8-21)12-16(23)20-18-17(19(24)25-3)14-6-5-13(2)11-15(14)26-18/h13H,4-12H2,1-3H3,(H,20,23)/p+2/t13-/m1/s1. The first-order valence-electron chi connectivity index (χ1n) is 9.71. The predicted molar refractivity (Wildman–Crippen MR) is 102 cm³/mol. The van der Waals surface area contributed by atoms with Gasteiger partial charge in [-0.1, -0.05) is 6.92 Å². The molecule has 1 saturated heterocycles. The van der Waals surface area contributed by atoms with E-state index in [9.17, 15) is 9.59 Å². The zero-order valence-corrected chi connectivity index (χ0v) is 16.9. The van der Waals surface area contributed by atoms with Crippen LogP contribution in [0.15, 0.2) is 0 Å². The number of hydrogen-bond acceptors (Lipinski definition) is 4. The normalized spacial score (nSPS) is 25.4. The van der Waals surface area contributed by atoms with Crippen molar-refractivity contribution >= 4 is 28.2 Å². The van der Waals surface area contributed by atoms with E-state index in [-0.39, 0.29) is 11.9 Å². The Morgan fingerprint density at radius 3 is 2.58 bits per heavy atom. The largest absolute Gasteiger partial charge is 0.465 e. The number of quaternary nitrogens is 2. The highest BCUT2D eigenvalue weighted by Gasteiger charge is 2.30. The van der Waals surface area contributed by atoms with E-state index in [0.717, 1.165) is 57.5 Å². The van der Waals surface area contributed by atoms with Crippen LogP contribution in [-0.2, 0) is 22.4 Å². The highest BCUT2D eigenvalue weighted by atomic mass is 32.1. The molecule has 1 amide bonds. The van der Waals surface area contributed by atoms with Gasteiger partial charge in [-0.05, 0) is 37.7 Å². The predicted octanol–water partition coefficient (Wildman–Crippen LogP) is -0.599. The molecule has 1 aliphatic heterocycles. The van der Waals surface area contributed by atoms with Gasteiger partial charge in [0.2, 0.25) is 0 Å². The summed E-state index contributed by atoms with van der Waals surface area (Å²) in [4.78, 5) is 29.1. The summed E-state index contributed by atoms with van der Waals surface area (Å²) in [6.07, 6.45) is 2.95. The van der Waals surface area contributed by atoms with Gasteiger partial charge in [-0.15, -0.1) is 11.3 Å². The molecule has 1 aromatic rings. The Kier molecular flexibility index (Phi) is 6.32. The Balaban J connectivity index is 1.69. The lowest BCUT2D eigenvalue weighted by Gasteiger charge is -2.28. The van der Waals surface area contributed by atoms with Crippen LogP contribution in [0.3, 0.4) is 0 Å². The summed E-state index contributed by atoms with van der Waals surface area (Å²) in [5, 5.41) is 3.70. The lowest BCUT2D eigenvalue weighted by atomic mass is 9.88. The number of fused-ring (bicyclic) bond motifs is 1. The Bertz CT molecular complexity index is 665. The lowest BCUT2D eigenvalue weighted by Crippen LogP contribution is -3.28. The third kappa shape index (κ3) is 4.27. The second-order valence-electron chi connectivity index (χ2n) is 7.63. The maximum Gasteiger partial charge on any atom is 0.341 e. The van der Waals surface area contributed by atoms with Gasteiger partial charge in [0, 0.05) is 4.88 Å². The van der Waals surface area contributed by atoms with Crippen LogP contribution in [0.1, 0.15) is 41.1 Å². The number of anilines is 1. The maximum absolute atomic E-state index is 12.6. The van der Waals surface area contributed by atoms with Gasteiger partial charge in [-0.3, -0.25) is 4.79 Å². The minimum Gasteiger partial charge on any atom is -0.465 e. The van der Waals surface area contributed by atoms with E-state index in [0.29, 0.717) is 23.0 Å². The van der Waals surface area contributed by atoms with Crippen LogP contribution >= 0.6 is 11.3 Å². The fourth-order valence-electron chi connectivity index (χ4n) is 4.04. The minimum absolute atomic E-state index is 0.00301. The average Bonchev–Trinajstić information content (AvgIpc) is 2.98. The zero-order chi connectivity index (χ0) is 18.7. The van der Waals surface area contributed by atoms with Crippen molar-refractivity contribution in [3.8, 4) is 0 Å². The average molecular weight is 382 g/mol. The van der Waals surface area contributed by atoms with Crippen molar-refractivity contribution in [1.82, 2.24) is 0 Å². The summed E-state index contributed by atoms with van der Waals surface area (Å²) < 4.78 is 4.99. The maximum atomic E-state index is 12.6. The number of methoxy groups -OCH3 is 1. The van der Waals surface area contributed by atoms with Crippen LogP contribution in [0.25, 0.3) is 0 Å². The molecule has 1 aliphatic carbocycles. The highest BCUT2D eigenvalue weighted by molar-refractivity contribution is 7.17. The smallest absolute Gasteiger partial charge is 0.341 e. The molecule has 0 saturated carbocycles. The number of thiophene rings is 1.